The summed E-state index contributed by atoms with van der Waals surface area (Å²) in [4.78, 5) is 4.12. The number of aromatic nitrogens is 1. The molecule has 1 N–H and O–H groups in total. The van der Waals surface area contributed by atoms with Crippen LogP contribution in [0.4, 0.5) is 0 Å². The summed E-state index contributed by atoms with van der Waals surface area (Å²) in [5.74, 6) is 0. The van der Waals surface area contributed by atoms with E-state index in [4.69, 9.17) is 0 Å². The fraction of sp³-hybridized carbons (Fsp3) is 0.214. The lowest BCUT2D eigenvalue weighted by Crippen LogP contribution is -2.18. The molecule has 1 aromatic carbocycles. The van der Waals surface area contributed by atoms with Gasteiger partial charge in [0.25, 0.3) is 0 Å². The highest BCUT2D eigenvalue weighted by Crippen LogP contribution is 2.10. The Morgan fingerprint density at radius 3 is 2.62 bits per heavy atom. The van der Waals surface area contributed by atoms with E-state index in [1.807, 2.05) is 18.3 Å². The van der Waals surface area contributed by atoms with Crippen molar-refractivity contribution in [1.29, 1.82) is 0 Å². The third kappa shape index (κ3) is 2.91. The molecule has 0 spiro atoms. The number of rotatable bonds is 4. The summed E-state index contributed by atoms with van der Waals surface area (Å²) in [5, 5.41) is 3.48. The predicted molar refractivity (Wildman–Crippen MR) is 65.9 cm³/mol. The number of nitrogens with one attached hydrogen (secondary N) is 1. The Labute approximate surface area is 96.4 Å². The minimum absolute atomic E-state index is 0.328. The fourth-order valence-electron chi connectivity index (χ4n) is 1.62. The van der Waals surface area contributed by atoms with Gasteiger partial charge in [-0.05, 0) is 24.1 Å². The first kappa shape index (κ1) is 10.8. The van der Waals surface area contributed by atoms with Crippen LogP contribution in [0.1, 0.15) is 24.1 Å². The van der Waals surface area contributed by atoms with Gasteiger partial charge in [0.1, 0.15) is 0 Å². The van der Waals surface area contributed by atoms with Crippen LogP contribution in [-0.2, 0) is 6.54 Å². The van der Waals surface area contributed by atoms with E-state index in [2.05, 4.69) is 47.6 Å². The minimum atomic E-state index is 0.328. The van der Waals surface area contributed by atoms with E-state index in [0.717, 1.165) is 6.54 Å². The van der Waals surface area contributed by atoms with Crippen LogP contribution in [0.3, 0.4) is 0 Å². The van der Waals surface area contributed by atoms with Gasteiger partial charge in [0, 0.05) is 25.0 Å². The summed E-state index contributed by atoms with van der Waals surface area (Å²) in [6, 6.07) is 14.8. The number of hydrogen-bond donors (Lipinski definition) is 1. The molecule has 0 saturated carbocycles. The molecule has 1 atom stereocenters. The third-order valence-corrected chi connectivity index (χ3v) is 2.64. The largest absolute Gasteiger partial charge is 0.306 e. The molecule has 82 valence electrons. The molecular formula is C14H16N2. The second kappa shape index (κ2) is 5.42. The van der Waals surface area contributed by atoms with Gasteiger partial charge in [-0.3, -0.25) is 4.98 Å². The molecule has 0 fully saturated rings. The molecule has 0 radical (unpaired) electrons. The van der Waals surface area contributed by atoms with E-state index in [1.165, 1.54) is 11.1 Å². The van der Waals surface area contributed by atoms with Crippen molar-refractivity contribution in [3.05, 3.63) is 66.0 Å². The number of hydrogen-bond acceptors (Lipinski definition) is 2. The molecule has 0 aliphatic heterocycles. The van der Waals surface area contributed by atoms with Crippen molar-refractivity contribution in [2.45, 2.75) is 19.5 Å². The molecule has 0 aliphatic carbocycles. The topological polar surface area (TPSA) is 24.9 Å². The monoisotopic (exact) mass is 212 g/mol. The maximum Gasteiger partial charge on any atom is 0.0315 e. The molecule has 16 heavy (non-hydrogen) atoms. The second-order valence-corrected chi connectivity index (χ2v) is 3.87. The Hall–Kier alpha value is -1.67. The molecule has 1 aromatic heterocycles. The van der Waals surface area contributed by atoms with Gasteiger partial charge in [0.2, 0.25) is 0 Å². The van der Waals surface area contributed by atoms with Crippen molar-refractivity contribution in [3.63, 3.8) is 0 Å². The highest BCUT2D eigenvalue weighted by molar-refractivity contribution is 5.16. The molecule has 2 nitrogen and oxygen atoms in total. The number of nitrogens with zero attached hydrogens (tertiary/aromatic N) is 1. The first-order valence-corrected chi connectivity index (χ1v) is 5.53. The SMILES string of the molecule is CC(NCc1ccccc1)c1cccnc1. The van der Waals surface area contributed by atoms with E-state index in [1.54, 1.807) is 6.20 Å². The van der Waals surface area contributed by atoms with E-state index in [9.17, 15) is 0 Å². The van der Waals surface area contributed by atoms with Gasteiger partial charge in [0.05, 0.1) is 0 Å². The zero-order valence-corrected chi connectivity index (χ0v) is 9.43. The van der Waals surface area contributed by atoms with Crippen molar-refractivity contribution < 1.29 is 0 Å². The summed E-state index contributed by atoms with van der Waals surface area (Å²) in [6.45, 7) is 3.04. The van der Waals surface area contributed by atoms with E-state index >= 15 is 0 Å². The summed E-state index contributed by atoms with van der Waals surface area (Å²) >= 11 is 0. The van der Waals surface area contributed by atoms with Gasteiger partial charge < -0.3 is 5.32 Å². The van der Waals surface area contributed by atoms with Gasteiger partial charge >= 0.3 is 0 Å². The fourth-order valence-corrected chi connectivity index (χ4v) is 1.62. The van der Waals surface area contributed by atoms with Crippen molar-refractivity contribution in [1.82, 2.24) is 10.3 Å². The number of benzene rings is 1. The molecule has 1 unspecified atom stereocenters. The maximum atomic E-state index is 4.12. The van der Waals surface area contributed by atoms with Crippen LogP contribution in [-0.4, -0.2) is 4.98 Å². The molecule has 2 heteroatoms. The van der Waals surface area contributed by atoms with Crippen LogP contribution < -0.4 is 5.32 Å². The Kier molecular flexibility index (Phi) is 3.67. The zero-order valence-electron chi connectivity index (χ0n) is 9.43. The van der Waals surface area contributed by atoms with Crippen molar-refractivity contribution in [2.24, 2.45) is 0 Å². The lowest BCUT2D eigenvalue weighted by Gasteiger charge is -2.13. The maximum absolute atomic E-state index is 4.12. The molecule has 2 rings (SSSR count). The van der Waals surface area contributed by atoms with Crippen molar-refractivity contribution in [3.8, 4) is 0 Å². The van der Waals surface area contributed by atoms with E-state index in [0.29, 0.717) is 6.04 Å². The Bertz CT molecular complexity index is 411. The standard InChI is InChI=1S/C14H16N2/c1-12(14-8-5-9-15-11-14)16-10-13-6-3-2-4-7-13/h2-9,11-12,16H,10H2,1H3. The highest BCUT2D eigenvalue weighted by atomic mass is 14.9. The zero-order chi connectivity index (χ0) is 11.2. The van der Waals surface area contributed by atoms with Crippen LogP contribution in [0.2, 0.25) is 0 Å². The van der Waals surface area contributed by atoms with Crippen LogP contribution in [0.15, 0.2) is 54.9 Å². The molecule has 0 amide bonds. The second-order valence-electron chi connectivity index (χ2n) is 3.87. The van der Waals surface area contributed by atoms with Crippen molar-refractivity contribution >= 4 is 0 Å². The first-order valence-electron chi connectivity index (χ1n) is 5.53. The Morgan fingerprint density at radius 1 is 1.12 bits per heavy atom. The van der Waals surface area contributed by atoms with Gasteiger partial charge in [0.15, 0.2) is 0 Å². The molecular weight excluding hydrogens is 196 g/mol. The predicted octanol–water partition coefficient (Wildman–Crippen LogP) is 2.93. The molecule has 0 saturated heterocycles. The van der Waals surface area contributed by atoms with Gasteiger partial charge in [-0.15, -0.1) is 0 Å². The molecule has 0 bridgehead atoms. The van der Waals surface area contributed by atoms with Gasteiger partial charge in [-0.2, -0.15) is 0 Å². The molecule has 0 aliphatic rings. The lowest BCUT2D eigenvalue weighted by molar-refractivity contribution is 0.573. The van der Waals surface area contributed by atoms with Crippen LogP contribution in [0.25, 0.3) is 0 Å². The normalized spacial score (nSPS) is 12.3. The number of pyridine rings is 1. The molecule has 2 aromatic rings. The van der Waals surface area contributed by atoms with E-state index < -0.39 is 0 Å². The Balaban J connectivity index is 1.92. The van der Waals surface area contributed by atoms with Crippen molar-refractivity contribution in [2.75, 3.05) is 0 Å². The van der Waals surface area contributed by atoms with Crippen LogP contribution in [0, 0.1) is 0 Å². The quantitative estimate of drug-likeness (QED) is 0.842. The minimum Gasteiger partial charge on any atom is -0.306 e. The van der Waals surface area contributed by atoms with Gasteiger partial charge in [-0.1, -0.05) is 36.4 Å². The average molecular weight is 212 g/mol. The lowest BCUT2D eigenvalue weighted by atomic mass is 10.1. The highest BCUT2D eigenvalue weighted by Gasteiger charge is 2.03. The first-order chi connectivity index (χ1) is 7.86. The van der Waals surface area contributed by atoms with Crippen LogP contribution in [0.5, 0.6) is 0 Å². The summed E-state index contributed by atoms with van der Waals surface area (Å²) in [6.07, 6.45) is 3.70. The third-order valence-electron chi connectivity index (χ3n) is 2.64. The smallest absolute Gasteiger partial charge is 0.0315 e. The molecule has 1 heterocycles. The summed E-state index contributed by atoms with van der Waals surface area (Å²) < 4.78 is 0. The summed E-state index contributed by atoms with van der Waals surface area (Å²) in [5.41, 5.74) is 2.52. The summed E-state index contributed by atoms with van der Waals surface area (Å²) in [7, 11) is 0. The van der Waals surface area contributed by atoms with E-state index in [-0.39, 0.29) is 0 Å². The van der Waals surface area contributed by atoms with Crippen LogP contribution >= 0.6 is 0 Å². The average Bonchev–Trinajstić information content (AvgIpc) is 2.38. The van der Waals surface area contributed by atoms with Gasteiger partial charge in [-0.25, -0.2) is 0 Å². The Morgan fingerprint density at radius 2 is 1.94 bits per heavy atom.